The van der Waals surface area contributed by atoms with E-state index in [4.69, 9.17) is 34.3 Å². The van der Waals surface area contributed by atoms with E-state index in [1.807, 2.05) is 13.8 Å². The minimum atomic E-state index is -0.308. The molecule has 0 aliphatic rings. The minimum absolute atomic E-state index is 0.308. The second-order valence-electron chi connectivity index (χ2n) is 5.52. The average molecular weight is 376 g/mol. The Bertz CT molecular complexity index is 434. The Kier molecular flexibility index (Phi) is 12.1. The van der Waals surface area contributed by atoms with Crippen molar-refractivity contribution in [1.82, 2.24) is 14.9 Å². The molecule has 0 bridgehead atoms. The zero-order valence-electron chi connectivity index (χ0n) is 16.2. The summed E-state index contributed by atoms with van der Waals surface area (Å²) in [7, 11) is 3.26. The predicted molar refractivity (Wildman–Crippen MR) is 94.3 cm³/mol. The molecule has 1 heterocycles. The number of nitrogen functional groups attached to an aromatic ring is 1. The molecule has 0 aromatic carbocycles. The van der Waals surface area contributed by atoms with Crippen molar-refractivity contribution in [3.8, 4) is 0 Å². The van der Waals surface area contributed by atoms with Crippen LogP contribution in [0.25, 0.3) is 0 Å². The highest BCUT2D eigenvalue weighted by molar-refractivity contribution is 5.01. The third kappa shape index (κ3) is 8.39. The van der Waals surface area contributed by atoms with Gasteiger partial charge in [-0.3, -0.25) is 0 Å². The molecule has 0 radical (unpaired) electrons. The molecule has 0 fully saturated rings. The summed E-state index contributed by atoms with van der Waals surface area (Å²) in [6, 6.07) is 0. The Morgan fingerprint density at radius 1 is 0.731 bits per heavy atom. The van der Waals surface area contributed by atoms with Gasteiger partial charge in [-0.15, -0.1) is 10.2 Å². The van der Waals surface area contributed by atoms with Crippen LogP contribution in [0.3, 0.4) is 0 Å². The second kappa shape index (κ2) is 13.8. The zero-order chi connectivity index (χ0) is 19.2. The molecule has 0 spiro atoms. The fraction of sp³-hybridized carbons (Fsp3) is 0.875. The van der Waals surface area contributed by atoms with E-state index in [1.54, 1.807) is 14.2 Å². The molecule has 1 aromatic heterocycles. The first-order valence-corrected chi connectivity index (χ1v) is 8.68. The summed E-state index contributed by atoms with van der Waals surface area (Å²) in [6.07, 6.45) is -0.617. The van der Waals surface area contributed by atoms with Crippen LogP contribution in [-0.2, 0) is 28.4 Å². The molecule has 26 heavy (non-hydrogen) atoms. The van der Waals surface area contributed by atoms with Crippen LogP contribution < -0.4 is 5.84 Å². The Morgan fingerprint density at radius 3 is 1.50 bits per heavy atom. The number of nitrogens with two attached hydrogens (primary N) is 1. The molecule has 2 atom stereocenters. The van der Waals surface area contributed by atoms with E-state index in [2.05, 4.69) is 10.2 Å². The molecule has 0 saturated carbocycles. The van der Waals surface area contributed by atoms with E-state index < -0.39 is 0 Å². The highest BCUT2D eigenvalue weighted by Crippen LogP contribution is 2.18. The van der Waals surface area contributed by atoms with Crippen LogP contribution in [0.15, 0.2) is 0 Å². The van der Waals surface area contributed by atoms with Crippen LogP contribution in [0.4, 0.5) is 0 Å². The van der Waals surface area contributed by atoms with Crippen molar-refractivity contribution in [3.63, 3.8) is 0 Å². The summed E-state index contributed by atoms with van der Waals surface area (Å²) in [5.74, 6) is 7.14. The topological polar surface area (TPSA) is 112 Å². The number of hydrogen-bond donors (Lipinski definition) is 1. The third-order valence-corrected chi connectivity index (χ3v) is 3.53. The van der Waals surface area contributed by atoms with Gasteiger partial charge in [0.25, 0.3) is 0 Å². The van der Waals surface area contributed by atoms with Gasteiger partial charge in [0.1, 0.15) is 12.2 Å². The van der Waals surface area contributed by atoms with Crippen molar-refractivity contribution in [1.29, 1.82) is 0 Å². The lowest BCUT2D eigenvalue weighted by Crippen LogP contribution is -2.22. The van der Waals surface area contributed by atoms with E-state index in [9.17, 15) is 0 Å². The van der Waals surface area contributed by atoms with Gasteiger partial charge in [-0.1, -0.05) is 0 Å². The van der Waals surface area contributed by atoms with E-state index in [-0.39, 0.29) is 12.2 Å². The largest absolute Gasteiger partial charge is 0.382 e. The van der Waals surface area contributed by atoms with Gasteiger partial charge >= 0.3 is 0 Å². The maximum Gasteiger partial charge on any atom is 0.180 e. The fourth-order valence-electron chi connectivity index (χ4n) is 2.08. The van der Waals surface area contributed by atoms with Crippen LogP contribution in [0.2, 0.25) is 0 Å². The molecule has 0 amide bonds. The van der Waals surface area contributed by atoms with Gasteiger partial charge in [0.2, 0.25) is 0 Å². The number of methoxy groups -OCH3 is 2. The lowest BCUT2D eigenvalue weighted by atomic mass is 10.3. The lowest BCUT2D eigenvalue weighted by molar-refractivity contribution is -0.00731. The highest BCUT2D eigenvalue weighted by atomic mass is 16.5. The predicted octanol–water partition coefficient (Wildman–Crippen LogP) is 0.473. The summed E-state index contributed by atoms with van der Waals surface area (Å²) in [5, 5.41) is 8.22. The fourth-order valence-corrected chi connectivity index (χ4v) is 2.08. The molecular weight excluding hydrogens is 344 g/mol. The van der Waals surface area contributed by atoms with Crippen LogP contribution in [0.5, 0.6) is 0 Å². The van der Waals surface area contributed by atoms with E-state index >= 15 is 0 Å². The summed E-state index contributed by atoms with van der Waals surface area (Å²) < 4.78 is 33.3. The monoisotopic (exact) mass is 376 g/mol. The second-order valence-corrected chi connectivity index (χ2v) is 5.52. The third-order valence-electron chi connectivity index (χ3n) is 3.53. The van der Waals surface area contributed by atoms with Gasteiger partial charge in [0.05, 0.1) is 52.9 Å². The van der Waals surface area contributed by atoms with Crippen molar-refractivity contribution in [2.45, 2.75) is 26.1 Å². The Labute approximate surface area is 154 Å². The molecule has 1 aromatic rings. The summed E-state index contributed by atoms with van der Waals surface area (Å²) in [5.41, 5.74) is 0. The zero-order valence-corrected chi connectivity index (χ0v) is 16.2. The molecule has 0 aliphatic carbocycles. The van der Waals surface area contributed by atoms with Gasteiger partial charge in [0.15, 0.2) is 11.6 Å². The van der Waals surface area contributed by atoms with Gasteiger partial charge in [-0.2, -0.15) is 0 Å². The Hall–Kier alpha value is -1.30. The molecule has 0 saturated heterocycles. The van der Waals surface area contributed by atoms with Crippen LogP contribution in [-0.4, -0.2) is 81.9 Å². The Balaban J connectivity index is 2.33. The first kappa shape index (κ1) is 22.7. The molecule has 1 rings (SSSR count). The van der Waals surface area contributed by atoms with Crippen molar-refractivity contribution >= 4 is 0 Å². The van der Waals surface area contributed by atoms with Crippen molar-refractivity contribution < 1.29 is 28.4 Å². The first-order valence-electron chi connectivity index (χ1n) is 8.68. The van der Waals surface area contributed by atoms with Crippen LogP contribution in [0.1, 0.15) is 37.7 Å². The maximum absolute atomic E-state index is 6.08. The molecule has 0 unspecified atom stereocenters. The highest BCUT2D eigenvalue weighted by Gasteiger charge is 2.20. The van der Waals surface area contributed by atoms with Crippen LogP contribution >= 0.6 is 0 Å². The van der Waals surface area contributed by atoms with Gasteiger partial charge < -0.3 is 34.3 Å². The molecule has 2 N–H and O–H groups in total. The van der Waals surface area contributed by atoms with E-state index in [0.717, 1.165) is 0 Å². The standard InChI is InChI=1S/C16H32N4O6/c1-13(25-11-9-23-7-5-21-3)15-18-19-16(20(15)17)14(2)26-12-10-24-8-6-22-4/h13-14H,5-12,17H2,1-4H3/t13-,14-/m0/s1. The SMILES string of the molecule is COCCOCCO[C@@H](C)c1nnc([C@H](C)OCCOCCOC)n1N. The minimum Gasteiger partial charge on any atom is -0.382 e. The van der Waals surface area contributed by atoms with Gasteiger partial charge in [-0.25, -0.2) is 4.68 Å². The normalized spacial score (nSPS) is 13.8. The summed E-state index contributed by atoms with van der Waals surface area (Å²) in [4.78, 5) is 0. The molecule has 10 nitrogen and oxygen atoms in total. The summed E-state index contributed by atoms with van der Waals surface area (Å²) >= 11 is 0. The quantitative estimate of drug-likeness (QED) is 0.325. The van der Waals surface area contributed by atoms with Gasteiger partial charge in [-0.05, 0) is 13.8 Å². The number of ether oxygens (including phenoxy) is 6. The molecule has 152 valence electrons. The van der Waals surface area contributed by atoms with Crippen molar-refractivity contribution in [3.05, 3.63) is 11.6 Å². The smallest absolute Gasteiger partial charge is 0.180 e. The molecular formula is C16H32N4O6. The van der Waals surface area contributed by atoms with Gasteiger partial charge in [0, 0.05) is 14.2 Å². The van der Waals surface area contributed by atoms with E-state index in [1.165, 1.54) is 4.68 Å². The Morgan fingerprint density at radius 2 is 1.12 bits per heavy atom. The molecule has 10 heteroatoms. The van der Waals surface area contributed by atoms with Crippen molar-refractivity contribution in [2.24, 2.45) is 0 Å². The number of aromatic nitrogens is 3. The molecule has 0 aliphatic heterocycles. The maximum atomic E-state index is 6.08. The van der Waals surface area contributed by atoms with Crippen LogP contribution in [0, 0.1) is 0 Å². The lowest BCUT2D eigenvalue weighted by Gasteiger charge is -2.15. The number of rotatable bonds is 16. The number of hydrogen-bond acceptors (Lipinski definition) is 9. The average Bonchev–Trinajstić information content (AvgIpc) is 3.02. The first-order chi connectivity index (χ1) is 12.6. The summed E-state index contributed by atoms with van der Waals surface area (Å²) in [6.45, 7) is 7.73. The number of nitrogens with zero attached hydrogens (tertiary/aromatic N) is 3. The van der Waals surface area contributed by atoms with Crippen molar-refractivity contribution in [2.75, 3.05) is 72.9 Å². The van der Waals surface area contributed by atoms with E-state index in [0.29, 0.717) is 64.5 Å².